The smallest absolute Gasteiger partial charge is 0.227 e. The fraction of sp³-hybridized carbons (Fsp3) is 0.571. The van der Waals surface area contributed by atoms with Crippen LogP contribution < -0.4 is 5.32 Å². The summed E-state index contributed by atoms with van der Waals surface area (Å²) in [7, 11) is 0. The van der Waals surface area contributed by atoms with Gasteiger partial charge in [-0.2, -0.15) is 0 Å². The molecule has 178 valence electrons. The molecule has 0 bridgehead atoms. The number of allylic oxidation sites excluding steroid dienone is 3. The lowest BCUT2D eigenvalue weighted by atomic mass is 9.80. The Morgan fingerprint density at radius 2 is 1.75 bits per heavy atom. The van der Waals surface area contributed by atoms with E-state index in [2.05, 4.69) is 45.2 Å². The summed E-state index contributed by atoms with van der Waals surface area (Å²) in [5.41, 5.74) is 3.27. The second-order valence-electron chi connectivity index (χ2n) is 8.60. The number of Topliss-reactive ketones (excluding diaryl/α,β-unsaturated/α-hetero) is 1. The van der Waals surface area contributed by atoms with E-state index in [1.54, 1.807) is 18.7 Å². The van der Waals surface area contributed by atoms with Crippen LogP contribution in [-0.4, -0.2) is 11.7 Å². The number of amides is 1. The first-order valence-electron chi connectivity index (χ1n) is 12.2. The van der Waals surface area contributed by atoms with Gasteiger partial charge in [-0.05, 0) is 88.2 Å². The molecule has 1 aromatic rings. The van der Waals surface area contributed by atoms with E-state index < -0.39 is 0 Å². The SMILES string of the molecule is C/C=C(/C)S/C(=C/CC)NC(=O)C1CCC(CC)CC1.CCc1c(C)cccc1C(C)=O. The second-order valence-corrected chi connectivity index (χ2v) is 9.89. The number of hydrogen-bond acceptors (Lipinski definition) is 3. The summed E-state index contributed by atoms with van der Waals surface area (Å²) >= 11 is 1.66. The van der Waals surface area contributed by atoms with Crippen LogP contribution >= 0.6 is 11.8 Å². The molecule has 1 aliphatic rings. The molecule has 1 aliphatic carbocycles. The van der Waals surface area contributed by atoms with Crippen molar-refractivity contribution >= 4 is 23.5 Å². The van der Waals surface area contributed by atoms with E-state index in [0.29, 0.717) is 0 Å². The molecule has 0 aliphatic heterocycles. The zero-order valence-electron chi connectivity index (χ0n) is 21.2. The molecule has 0 unspecified atom stereocenters. The molecule has 2 rings (SSSR count). The van der Waals surface area contributed by atoms with Crippen LogP contribution in [0.4, 0.5) is 0 Å². The summed E-state index contributed by atoms with van der Waals surface area (Å²) in [6.45, 7) is 14.2. The van der Waals surface area contributed by atoms with Crippen LogP contribution in [-0.2, 0) is 11.2 Å². The molecule has 1 saturated carbocycles. The molecule has 1 fully saturated rings. The Kier molecular flexibility index (Phi) is 13.3. The molecule has 3 nitrogen and oxygen atoms in total. The van der Waals surface area contributed by atoms with E-state index in [-0.39, 0.29) is 17.6 Å². The highest BCUT2D eigenvalue weighted by molar-refractivity contribution is 8.06. The molecular formula is C28H43NO2S. The lowest BCUT2D eigenvalue weighted by molar-refractivity contribution is -0.125. The van der Waals surface area contributed by atoms with E-state index in [1.165, 1.54) is 35.3 Å². The number of rotatable bonds is 8. The van der Waals surface area contributed by atoms with Crippen LogP contribution in [0.1, 0.15) is 102 Å². The summed E-state index contributed by atoms with van der Waals surface area (Å²) in [4.78, 5) is 24.8. The van der Waals surface area contributed by atoms with Gasteiger partial charge in [-0.15, -0.1) is 0 Å². The normalized spacial score (nSPS) is 19.1. The van der Waals surface area contributed by atoms with E-state index in [9.17, 15) is 9.59 Å². The Balaban J connectivity index is 0.000000363. The van der Waals surface area contributed by atoms with Crippen molar-refractivity contribution in [2.24, 2.45) is 11.8 Å². The topological polar surface area (TPSA) is 46.2 Å². The third-order valence-corrected chi connectivity index (χ3v) is 7.30. The van der Waals surface area contributed by atoms with Crippen LogP contribution in [0.25, 0.3) is 0 Å². The maximum absolute atomic E-state index is 12.4. The van der Waals surface area contributed by atoms with Crippen molar-refractivity contribution in [2.45, 2.75) is 93.4 Å². The van der Waals surface area contributed by atoms with Gasteiger partial charge in [-0.25, -0.2) is 0 Å². The molecule has 0 aromatic heterocycles. The predicted molar refractivity (Wildman–Crippen MR) is 140 cm³/mol. The number of aryl methyl sites for hydroxylation is 1. The zero-order chi connectivity index (χ0) is 24.1. The van der Waals surface area contributed by atoms with E-state index in [4.69, 9.17) is 0 Å². The van der Waals surface area contributed by atoms with E-state index in [0.717, 1.165) is 42.2 Å². The van der Waals surface area contributed by atoms with Crippen LogP contribution in [0.5, 0.6) is 0 Å². The van der Waals surface area contributed by atoms with Gasteiger partial charge in [0.2, 0.25) is 5.91 Å². The third kappa shape index (κ3) is 9.36. The Hall–Kier alpha value is -1.81. The molecule has 1 N–H and O–H groups in total. The van der Waals surface area contributed by atoms with Gasteiger partial charge in [0, 0.05) is 11.5 Å². The van der Waals surface area contributed by atoms with Crippen molar-refractivity contribution in [3.63, 3.8) is 0 Å². The van der Waals surface area contributed by atoms with Crippen LogP contribution in [0.2, 0.25) is 0 Å². The van der Waals surface area contributed by atoms with Gasteiger partial charge in [0.15, 0.2) is 5.78 Å². The fourth-order valence-electron chi connectivity index (χ4n) is 4.09. The van der Waals surface area contributed by atoms with Gasteiger partial charge in [-0.1, -0.05) is 69.3 Å². The maximum Gasteiger partial charge on any atom is 0.227 e. The highest BCUT2D eigenvalue weighted by Gasteiger charge is 2.25. The van der Waals surface area contributed by atoms with Gasteiger partial charge in [0.05, 0.1) is 5.03 Å². The quantitative estimate of drug-likeness (QED) is 0.402. The lowest BCUT2D eigenvalue weighted by Gasteiger charge is -2.27. The molecule has 32 heavy (non-hydrogen) atoms. The molecule has 0 heterocycles. The van der Waals surface area contributed by atoms with Crippen LogP contribution in [0.3, 0.4) is 0 Å². The maximum atomic E-state index is 12.4. The molecular weight excluding hydrogens is 414 g/mol. The number of carbonyl (C=O) groups is 2. The van der Waals surface area contributed by atoms with Crippen molar-refractivity contribution in [3.05, 3.63) is 57.0 Å². The number of hydrogen-bond donors (Lipinski definition) is 1. The zero-order valence-corrected chi connectivity index (χ0v) is 22.0. The minimum absolute atomic E-state index is 0.163. The number of thioether (sulfide) groups is 1. The fourth-order valence-corrected chi connectivity index (χ4v) is 4.96. The third-order valence-electron chi connectivity index (χ3n) is 6.25. The lowest BCUT2D eigenvalue weighted by Crippen LogP contribution is -2.32. The second kappa shape index (κ2) is 15.1. The van der Waals surface area contributed by atoms with Gasteiger partial charge in [-0.3, -0.25) is 9.59 Å². The number of benzene rings is 1. The standard InChI is InChI=1S/C17H29NOS.C11H14O/c1-5-8-16(20-13(4)6-2)18-17(19)15-11-9-14(7-3)10-12-15;1-4-10-8(2)6-5-7-11(10)9(3)12/h6,8,14-15H,5,7,9-12H2,1-4H3,(H,18,19);5-7H,4H2,1-3H3/b13-6-,16-8+;. The predicted octanol–water partition coefficient (Wildman–Crippen LogP) is 7.99. The van der Waals surface area contributed by atoms with Crippen molar-refractivity contribution < 1.29 is 9.59 Å². The van der Waals surface area contributed by atoms with E-state index >= 15 is 0 Å². The molecule has 1 amide bonds. The summed E-state index contributed by atoms with van der Waals surface area (Å²) < 4.78 is 0. The summed E-state index contributed by atoms with van der Waals surface area (Å²) in [6.07, 6.45) is 11.8. The van der Waals surface area contributed by atoms with E-state index in [1.807, 2.05) is 32.0 Å². The Labute approximate surface area is 200 Å². The Morgan fingerprint density at radius 1 is 1.09 bits per heavy atom. The molecule has 4 heteroatoms. The first kappa shape index (κ1) is 28.2. The average molecular weight is 458 g/mol. The Morgan fingerprint density at radius 3 is 2.22 bits per heavy atom. The number of ketones is 1. The minimum Gasteiger partial charge on any atom is -0.320 e. The number of nitrogens with one attached hydrogen (secondary N) is 1. The van der Waals surface area contributed by atoms with Crippen molar-refractivity contribution in [3.8, 4) is 0 Å². The summed E-state index contributed by atoms with van der Waals surface area (Å²) in [5, 5.41) is 4.12. The van der Waals surface area contributed by atoms with Crippen molar-refractivity contribution in [1.82, 2.24) is 5.32 Å². The van der Waals surface area contributed by atoms with Gasteiger partial charge in [0.25, 0.3) is 0 Å². The largest absolute Gasteiger partial charge is 0.320 e. The minimum atomic E-state index is 0.163. The first-order chi connectivity index (χ1) is 15.3. The highest BCUT2D eigenvalue weighted by atomic mass is 32.2. The van der Waals surface area contributed by atoms with Gasteiger partial charge >= 0.3 is 0 Å². The highest BCUT2D eigenvalue weighted by Crippen LogP contribution is 2.31. The monoisotopic (exact) mass is 457 g/mol. The van der Waals surface area contributed by atoms with Crippen molar-refractivity contribution in [1.29, 1.82) is 0 Å². The summed E-state index contributed by atoms with van der Waals surface area (Å²) in [6, 6.07) is 5.88. The molecule has 0 saturated heterocycles. The molecule has 0 radical (unpaired) electrons. The Bertz CT molecular complexity index is 802. The summed E-state index contributed by atoms with van der Waals surface area (Å²) in [5.74, 6) is 1.43. The van der Waals surface area contributed by atoms with Gasteiger partial charge in [0.1, 0.15) is 0 Å². The van der Waals surface area contributed by atoms with Crippen LogP contribution in [0.15, 0.2) is 40.3 Å². The average Bonchev–Trinajstić information content (AvgIpc) is 2.79. The molecule has 1 aromatic carbocycles. The van der Waals surface area contributed by atoms with Crippen LogP contribution in [0, 0.1) is 18.8 Å². The van der Waals surface area contributed by atoms with Gasteiger partial charge < -0.3 is 5.32 Å². The first-order valence-corrected chi connectivity index (χ1v) is 13.0. The van der Waals surface area contributed by atoms with Crippen molar-refractivity contribution in [2.75, 3.05) is 0 Å². The number of carbonyl (C=O) groups excluding carboxylic acids is 2. The molecule has 0 atom stereocenters. The molecule has 0 spiro atoms.